The highest BCUT2D eigenvalue weighted by Gasteiger charge is 2.46. The maximum Gasteiger partial charge on any atom is 0.246 e. The third-order valence-corrected chi connectivity index (χ3v) is 25.2. The van der Waals surface area contributed by atoms with Gasteiger partial charge in [0.25, 0.3) is 0 Å². The van der Waals surface area contributed by atoms with Gasteiger partial charge in [0, 0.05) is 93.5 Å². The van der Waals surface area contributed by atoms with Crippen LogP contribution in [0, 0.1) is 50.2 Å². The highest BCUT2D eigenvalue weighted by Crippen LogP contribution is 2.29. The van der Waals surface area contributed by atoms with Gasteiger partial charge in [-0.05, 0) is 182 Å². The standard InChI is InChI=1S/C92H151N35O14/c1-7-51(5)71-83(138)118-62(30-17-39-108-89(98)99)76(131)122-67(47-54-49-112-58-26-12-10-24-56(54)58)80(135)115-59(27-13-14-36-93)73(128)114-61(29-16-38-107-88(96)97)75(130)121-66(45-50(3)4)79(134)116-60(28-15-37-106-87(94)95)74(129)120-65(33-20-42-111-92(104)105)85(140)127-44-22-35-70(127)86(141)126-43-21-34-69(126)82(137)123-68(48-55-46-53-23-9-11-25-57(53)113-55)81(136)117-63(31-18-40-109-90(100)101)77(132)124-72(52(6)8-2)84(139)119-64(78(133)125-71)32-19-41-110-91(102)103/h9-12,23-26,46,49-52,59-72,112-113H,7-8,13-22,27-45,47-48,93H2,1-6H3,(H,114,128)(H,115,135)(H,116,134)(H,117,136)(H,118,138)(H,119,139)(H,120,129)(H,121,130)(H,122,131)(H,123,137)(H,124,132)(H,125,133)(H4,94,95,106)(H4,96,97,107)(H4,98,99,108)(H4,100,101,109)(H4,102,103,110)(H4,104,105,111)/t51-,52-,59-,60-,61-,62+,63-,64-,65-,66-,67-,68-,69-,70+,71-,72-/m0/s1. The Morgan fingerprint density at radius 3 is 1.10 bits per heavy atom. The predicted octanol–water partition coefficient (Wildman–Crippen LogP) is -3.91. The molecule has 778 valence electrons. The van der Waals surface area contributed by atoms with Crippen LogP contribution in [0.5, 0.6) is 0 Å². The lowest BCUT2D eigenvalue weighted by Crippen LogP contribution is -2.62. The number of hydrogen-bond donors (Lipinski definition) is 33. The highest BCUT2D eigenvalue weighted by atomic mass is 16.2. The maximum atomic E-state index is 15.6. The van der Waals surface area contributed by atoms with Gasteiger partial charge in [-0.2, -0.15) is 0 Å². The number of para-hydroxylation sites is 2. The van der Waals surface area contributed by atoms with Crippen LogP contribution in [0.3, 0.4) is 0 Å². The molecule has 40 N–H and O–H groups in total. The Balaban J connectivity index is 1.38. The van der Waals surface area contributed by atoms with Gasteiger partial charge >= 0.3 is 0 Å². The Hall–Kier alpha value is -14.3. The van der Waals surface area contributed by atoms with E-state index in [4.69, 9.17) is 72.6 Å². The number of guanidine groups is 6. The van der Waals surface area contributed by atoms with Gasteiger partial charge in [0.05, 0.1) is 0 Å². The summed E-state index contributed by atoms with van der Waals surface area (Å²) in [5.41, 5.74) is 42.5. The van der Waals surface area contributed by atoms with Crippen molar-refractivity contribution in [1.82, 2.24) is 115 Å². The molecule has 3 saturated heterocycles. The number of nitrogens with zero attached hydrogens (tertiary/aromatic N) is 2. The molecule has 7 rings (SSSR count). The van der Waals surface area contributed by atoms with Crippen LogP contribution in [-0.4, -0.2) is 282 Å². The smallest absolute Gasteiger partial charge is 0.246 e. The number of fused-ring (bicyclic) bond motifs is 4. The van der Waals surface area contributed by atoms with Gasteiger partial charge in [0.15, 0.2) is 35.8 Å². The van der Waals surface area contributed by atoms with E-state index in [1.54, 1.807) is 96.3 Å². The van der Waals surface area contributed by atoms with Gasteiger partial charge in [0.1, 0.15) is 84.6 Å². The summed E-state index contributed by atoms with van der Waals surface area (Å²) in [5.74, 6) is -16.4. The van der Waals surface area contributed by atoms with E-state index in [0.29, 0.717) is 34.1 Å². The molecule has 0 spiro atoms. The van der Waals surface area contributed by atoms with Crippen LogP contribution in [0.1, 0.15) is 194 Å². The maximum absolute atomic E-state index is 15.6. The van der Waals surface area contributed by atoms with Gasteiger partial charge in [0.2, 0.25) is 82.7 Å². The van der Waals surface area contributed by atoms with E-state index >= 15 is 67.1 Å². The molecule has 141 heavy (non-hydrogen) atoms. The van der Waals surface area contributed by atoms with Crippen LogP contribution in [0.4, 0.5) is 0 Å². The second kappa shape index (κ2) is 57.9. The summed E-state index contributed by atoms with van der Waals surface area (Å²) in [6.45, 7) is 10.6. The summed E-state index contributed by atoms with van der Waals surface area (Å²) in [5, 5.41) is 98.7. The second-order valence-corrected chi connectivity index (χ2v) is 36.7. The number of aromatic nitrogens is 2. The van der Waals surface area contributed by atoms with Crippen molar-refractivity contribution >= 4 is 140 Å². The molecule has 0 radical (unpaired) electrons. The lowest BCUT2D eigenvalue weighted by molar-refractivity contribution is -0.148. The zero-order valence-corrected chi connectivity index (χ0v) is 81.6. The third kappa shape index (κ3) is 37.1. The van der Waals surface area contributed by atoms with E-state index in [1.807, 2.05) is 6.07 Å². The second-order valence-electron chi connectivity index (χ2n) is 36.7. The Kier molecular flexibility index (Phi) is 46.7. The minimum Gasteiger partial charge on any atom is -0.370 e. The molecule has 3 aliphatic rings. The van der Waals surface area contributed by atoms with Crippen molar-refractivity contribution in [2.45, 2.75) is 280 Å². The Morgan fingerprint density at radius 2 is 0.695 bits per heavy atom. The Bertz CT molecular complexity index is 4930. The summed E-state index contributed by atoms with van der Waals surface area (Å²) in [6.07, 6.45) is 2.05. The van der Waals surface area contributed by atoms with Gasteiger partial charge in [-0.15, -0.1) is 0 Å². The van der Waals surface area contributed by atoms with Crippen molar-refractivity contribution < 1.29 is 67.1 Å². The Morgan fingerprint density at radius 1 is 0.369 bits per heavy atom. The number of benzene rings is 2. The normalized spacial score (nSPS) is 23.5. The topological polar surface area (TPSA) is 819 Å². The number of hydrogen-bond acceptors (Lipinski definition) is 21. The van der Waals surface area contributed by atoms with Crippen LogP contribution in [-0.2, 0) is 80.0 Å². The van der Waals surface area contributed by atoms with Crippen molar-refractivity contribution in [3.05, 3.63) is 72.1 Å². The molecule has 4 aromatic rings. The molecule has 0 saturated carbocycles. The molecule has 5 heterocycles. The molecule has 14 amide bonds. The molecule has 0 bridgehead atoms. The fourth-order valence-electron chi connectivity index (χ4n) is 17.2. The average molecular weight is 1970 g/mol. The molecule has 49 heteroatoms. The number of H-pyrrole nitrogens is 2. The quantitative estimate of drug-likeness (QED) is 0.0116. The zero-order valence-electron chi connectivity index (χ0n) is 81.6. The molecule has 16 atom stereocenters. The molecule has 49 nitrogen and oxygen atoms in total. The van der Waals surface area contributed by atoms with Crippen LogP contribution in [0.2, 0.25) is 0 Å². The van der Waals surface area contributed by atoms with Crippen molar-refractivity contribution in [3.8, 4) is 0 Å². The number of amides is 14. The number of unbranched alkanes of at least 4 members (excludes halogenated alkanes) is 1. The fourth-order valence-corrected chi connectivity index (χ4v) is 17.2. The van der Waals surface area contributed by atoms with E-state index in [9.17, 15) is 0 Å². The monoisotopic (exact) mass is 1970 g/mol. The van der Waals surface area contributed by atoms with Crippen LogP contribution >= 0.6 is 0 Å². The van der Waals surface area contributed by atoms with E-state index in [0.717, 1.165) is 5.39 Å². The van der Waals surface area contributed by atoms with E-state index in [2.05, 4.69) is 106 Å². The molecule has 0 unspecified atom stereocenters. The van der Waals surface area contributed by atoms with Gasteiger partial charge in [-0.3, -0.25) is 99.6 Å². The number of rotatable bonds is 38. The molecule has 3 aliphatic heterocycles. The minimum absolute atomic E-state index is 0.00424. The number of nitrogens with two attached hydrogens (primary N) is 7. The first-order chi connectivity index (χ1) is 67.2. The lowest BCUT2D eigenvalue weighted by atomic mass is 9.95. The van der Waals surface area contributed by atoms with Gasteiger partial charge < -0.3 is 156 Å². The van der Waals surface area contributed by atoms with Crippen LogP contribution in [0.15, 0.2) is 60.8 Å². The Labute approximate surface area is 820 Å². The van der Waals surface area contributed by atoms with E-state index in [-0.39, 0.29) is 212 Å². The van der Waals surface area contributed by atoms with E-state index < -0.39 is 215 Å². The molecule has 3 fully saturated rings. The number of carbonyl (C=O) groups excluding carboxylic acids is 14. The fraction of sp³-hybridized carbons (Fsp3) is 0.609. The summed E-state index contributed by atoms with van der Waals surface area (Å²) in [6, 6.07) is -4.52. The first-order valence-electron chi connectivity index (χ1n) is 48.8. The first-order valence-corrected chi connectivity index (χ1v) is 48.8. The number of carbonyl (C=O) groups is 14. The summed E-state index contributed by atoms with van der Waals surface area (Å²) < 4.78 is 0. The largest absolute Gasteiger partial charge is 0.370 e. The summed E-state index contributed by atoms with van der Waals surface area (Å²) in [7, 11) is 0. The third-order valence-electron chi connectivity index (χ3n) is 25.2. The summed E-state index contributed by atoms with van der Waals surface area (Å²) in [4.78, 5) is 225. The average Bonchev–Trinajstić information content (AvgIpc) is 1.66. The molecule has 0 aliphatic carbocycles. The highest BCUT2D eigenvalue weighted by molar-refractivity contribution is 6.02. The van der Waals surface area contributed by atoms with Crippen molar-refractivity contribution in [2.75, 3.05) is 58.9 Å². The van der Waals surface area contributed by atoms with Crippen molar-refractivity contribution in [3.63, 3.8) is 0 Å². The minimum atomic E-state index is -1.59. The lowest BCUT2D eigenvalue weighted by Gasteiger charge is -2.34. The predicted molar refractivity (Wildman–Crippen MR) is 533 cm³/mol. The van der Waals surface area contributed by atoms with Crippen molar-refractivity contribution in [2.24, 2.45) is 57.9 Å². The van der Waals surface area contributed by atoms with Crippen LogP contribution in [0.25, 0.3) is 21.8 Å². The SMILES string of the molecule is CC[C@H](C)[C@@H]1NC(=O)[C@H](CCCNC(=N)N)NC(=O)[C@H](Cc2cc3ccccc3[nH]2)NC(=O)[C@@H]2CCCN2C(=O)[C@H]2CCCN2C(=O)[C@H](CCCNC(=N)N)NC(=O)[C@H](CCCNC(=N)N)NC(=O)[C@H](CC(C)C)NC(=O)[C@H](CCCNC(=N)N)NC(=O)[C@H](CCCCN)NC(=O)[C@H](Cc2c[nH]c3ccccc23)NC(=O)[C@@H](CCCNC(=N)N)NC(=O)[C@H]([C@@H](C)CC)NC(=O)[C@H](CCCNC(=N)N)NC1=O. The first kappa shape index (κ1) is 114. The zero-order chi connectivity index (χ0) is 104. The molecular weight excluding hydrogens is 1820 g/mol. The van der Waals surface area contributed by atoms with Crippen molar-refractivity contribution in [1.29, 1.82) is 32.5 Å². The van der Waals surface area contributed by atoms with E-state index in [1.165, 1.54) is 9.80 Å². The summed E-state index contributed by atoms with van der Waals surface area (Å²) >= 11 is 0. The van der Waals surface area contributed by atoms with Gasteiger partial charge in [-0.25, -0.2) is 0 Å². The number of nitrogens with one attached hydrogen (secondary N) is 26. The molecular formula is C92H151N35O14. The molecule has 2 aromatic carbocycles. The number of aromatic amines is 2. The van der Waals surface area contributed by atoms with Gasteiger partial charge in [-0.1, -0.05) is 90.8 Å². The molecule has 2 aromatic heterocycles. The van der Waals surface area contributed by atoms with Crippen LogP contribution < -0.4 is 136 Å².